The van der Waals surface area contributed by atoms with Gasteiger partial charge in [-0.25, -0.2) is 14.2 Å². The van der Waals surface area contributed by atoms with E-state index in [2.05, 4.69) is 43.0 Å². The molecule has 262 valence electrons. The van der Waals surface area contributed by atoms with Gasteiger partial charge in [-0.15, -0.1) is 0 Å². The van der Waals surface area contributed by atoms with Crippen LogP contribution in [0.1, 0.15) is 64.1 Å². The van der Waals surface area contributed by atoms with Crippen molar-refractivity contribution in [1.29, 1.82) is 10.5 Å². The third-order valence-corrected chi connectivity index (χ3v) is 10.7. The average molecular weight is 687 g/mol. The van der Waals surface area contributed by atoms with Crippen LogP contribution >= 0.6 is 0 Å². The van der Waals surface area contributed by atoms with E-state index in [1.165, 1.54) is 0 Å². The third kappa shape index (κ3) is 5.80. The molecule has 10 nitrogen and oxygen atoms in total. The molecule has 5 aromatic rings. The van der Waals surface area contributed by atoms with Gasteiger partial charge in [0.05, 0.1) is 58.8 Å². The van der Waals surface area contributed by atoms with Crippen molar-refractivity contribution in [3.8, 4) is 23.3 Å². The number of aromatic nitrogens is 3. The minimum atomic E-state index is -0.659. The molecule has 0 unspecified atom stereocenters. The van der Waals surface area contributed by atoms with Crippen molar-refractivity contribution in [1.82, 2.24) is 24.6 Å². The molecule has 2 saturated heterocycles. The Bertz CT molecular complexity index is 2280. The van der Waals surface area contributed by atoms with E-state index < -0.39 is 17.5 Å². The molecule has 2 fully saturated rings. The van der Waals surface area contributed by atoms with Gasteiger partial charge in [0.25, 0.3) is 0 Å². The lowest BCUT2D eigenvalue weighted by Crippen LogP contribution is -2.67. The molecule has 0 spiro atoms. The maximum absolute atomic E-state index is 17.4. The first-order valence-corrected chi connectivity index (χ1v) is 17.5. The van der Waals surface area contributed by atoms with Crippen LogP contribution in [0.3, 0.4) is 0 Å². The van der Waals surface area contributed by atoms with Gasteiger partial charge in [0.1, 0.15) is 16.9 Å². The van der Waals surface area contributed by atoms with Gasteiger partial charge in [0, 0.05) is 36.0 Å². The Hall–Kier alpha value is -5.26. The van der Waals surface area contributed by atoms with Crippen molar-refractivity contribution >= 4 is 44.5 Å². The number of anilines is 1. The third-order valence-electron chi connectivity index (χ3n) is 10.7. The number of likely N-dealkylation sites (N-methyl/N-ethyl adjacent to an activating group) is 1. The molecule has 2 aliphatic rings. The molecular weight excluding hydrogens is 643 g/mol. The molecule has 0 aliphatic carbocycles. The highest BCUT2D eigenvalue weighted by molar-refractivity contribution is 6.11. The molecular formula is C40H43FN8O2. The van der Waals surface area contributed by atoms with Crippen LogP contribution in [0, 0.1) is 35.4 Å². The number of amides is 1. The highest BCUT2D eigenvalue weighted by atomic mass is 19.1. The lowest BCUT2D eigenvalue weighted by atomic mass is 9.89. The molecule has 51 heavy (non-hydrogen) atoms. The van der Waals surface area contributed by atoms with Gasteiger partial charge in [-0.1, -0.05) is 30.3 Å². The first-order valence-electron chi connectivity index (χ1n) is 17.5. The minimum Gasteiger partial charge on any atom is -0.444 e. The number of benzene rings is 3. The van der Waals surface area contributed by atoms with E-state index >= 15 is 4.39 Å². The van der Waals surface area contributed by atoms with Gasteiger partial charge in [0.15, 0.2) is 5.82 Å². The van der Waals surface area contributed by atoms with E-state index in [-0.39, 0.29) is 29.6 Å². The fraction of sp³-hybridized carbons (Fsp3) is 0.425. The first-order chi connectivity index (χ1) is 24.2. The van der Waals surface area contributed by atoms with E-state index in [0.29, 0.717) is 65.8 Å². The van der Waals surface area contributed by atoms with E-state index in [0.717, 1.165) is 21.9 Å². The van der Waals surface area contributed by atoms with Crippen LogP contribution in [0.2, 0.25) is 0 Å². The SMILES string of the molecule is Cc1cc2c(nc(N3CC(C)(N(C)C)C3)c3cnn([C@H]4CCN(C(=O)OC(C)(C)C)[C@H](CC#N)C4)c32)c(F)c1-c1cccc2cccc(C#N)c12. The van der Waals surface area contributed by atoms with E-state index in [1.807, 2.05) is 75.0 Å². The van der Waals surface area contributed by atoms with Crippen LogP contribution in [-0.2, 0) is 4.74 Å². The zero-order valence-electron chi connectivity index (χ0n) is 30.3. The lowest BCUT2D eigenvalue weighted by Gasteiger charge is -2.52. The Kier molecular flexibility index (Phi) is 8.38. The summed E-state index contributed by atoms with van der Waals surface area (Å²) in [4.78, 5) is 24.3. The summed E-state index contributed by atoms with van der Waals surface area (Å²) in [6.07, 6.45) is 2.64. The van der Waals surface area contributed by atoms with Crippen molar-refractivity contribution in [3.05, 3.63) is 65.6 Å². The zero-order valence-corrected chi connectivity index (χ0v) is 30.3. The Labute approximate surface area is 297 Å². The standard InChI is InChI=1S/C40H43FN8O2/c1-24-18-30-35(34(41)32(24)29-13-9-11-25-10-8-12-26(20-43)33(25)29)45-37(47-22-40(5,23-47)46(6)7)31-21-44-49(36(30)31)28-15-17-48(27(19-28)14-16-42)38(50)51-39(2,3)4/h8-13,18,21,27-28H,14-15,17,19,22-23H2,1-7H3/t27-,28+/m1/s1. The summed E-state index contributed by atoms with van der Waals surface area (Å²) < 4.78 is 25.0. The molecule has 2 aliphatic heterocycles. The molecule has 0 bridgehead atoms. The van der Waals surface area contributed by atoms with Gasteiger partial charge >= 0.3 is 6.09 Å². The number of likely N-dealkylation sites (tertiary alicyclic amines) is 1. The summed E-state index contributed by atoms with van der Waals surface area (Å²) in [5.74, 6) is 0.228. The second-order valence-corrected chi connectivity index (χ2v) is 15.5. The number of nitriles is 2. The summed E-state index contributed by atoms with van der Waals surface area (Å²) in [7, 11) is 4.13. The molecule has 0 radical (unpaired) electrons. The number of hydrogen-bond donors (Lipinski definition) is 0. The Morgan fingerprint density at radius 2 is 1.86 bits per heavy atom. The number of rotatable bonds is 5. The summed E-state index contributed by atoms with van der Waals surface area (Å²) in [5, 5.41) is 27.7. The summed E-state index contributed by atoms with van der Waals surface area (Å²) in [6, 6.07) is 17.3. The monoisotopic (exact) mass is 686 g/mol. The minimum absolute atomic E-state index is 0.0639. The van der Waals surface area contributed by atoms with Gasteiger partial charge in [-0.05, 0) is 90.2 Å². The van der Waals surface area contributed by atoms with Crippen LogP contribution in [-0.4, -0.2) is 81.6 Å². The number of carbonyl (C=O) groups is 1. The number of aryl methyl sites for hydroxylation is 1. The van der Waals surface area contributed by atoms with Crippen molar-refractivity contribution in [3.63, 3.8) is 0 Å². The van der Waals surface area contributed by atoms with Crippen molar-refractivity contribution in [2.45, 2.75) is 77.1 Å². The van der Waals surface area contributed by atoms with Crippen LogP contribution in [0.5, 0.6) is 0 Å². The quantitative estimate of drug-likeness (QED) is 0.185. The fourth-order valence-electron chi connectivity index (χ4n) is 7.83. The topological polar surface area (TPSA) is 114 Å². The van der Waals surface area contributed by atoms with Crippen LogP contribution in [0.25, 0.3) is 43.7 Å². The molecule has 2 atom stereocenters. The summed E-state index contributed by atoms with van der Waals surface area (Å²) in [6.45, 7) is 11.4. The number of piperidine rings is 1. The number of fused-ring (bicyclic) bond motifs is 4. The molecule has 0 N–H and O–H groups in total. The van der Waals surface area contributed by atoms with Crippen LogP contribution in [0.15, 0.2) is 48.7 Å². The zero-order chi connectivity index (χ0) is 36.4. The predicted molar refractivity (Wildman–Crippen MR) is 197 cm³/mol. The van der Waals surface area contributed by atoms with Crippen molar-refractivity contribution in [2.24, 2.45) is 0 Å². The van der Waals surface area contributed by atoms with Crippen LogP contribution < -0.4 is 4.90 Å². The van der Waals surface area contributed by atoms with Gasteiger partial charge < -0.3 is 19.4 Å². The van der Waals surface area contributed by atoms with Gasteiger partial charge in [-0.2, -0.15) is 15.6 Å². The number of ether oxygens (including phenoxy) is 1. The normalized spacial score (nSPS) is 19.0. The Morgan fingerprint density at radius 1 is 1.14 bits per heavy atom. The molecule has 2 aromatic heterocycles. The second-order valence-electron chi connectivity index (χ2n) is 15.5. The van der Waals surface area contributed by atoms with Crippen molar-refractivity contribution < 1.29 is 13.9 Å². The molecule has 7 rings (SSSR count). The fourth-order valence-corrected chi connectivity index (χ4v) is 7.83. The molecule has 1 amide bonds. The predicted octanol–water partition coefficient (Wildman–Crippen LogP) is 7.72. The second kappa shape index (κ2) is 12.5. The lowest BCUT2D eigenvalue weighted by molar-refractivity contribution is 0.00565. The summed E-state index contributed by atoms with van der Waals surface area (Å²) in [5.41, 5.74) is 2.57. The summed E-state index contributed by atoms with van der Waals surface area (Å²) >= 11 is 0. The first kappa shape index (κ1) is 34.2. The number of hydrogen-bond acceptors (Lipinski definition) is 8. The highest BCUT2D eigenvalue weighted by Crippen LogP contribution is 2.44. The molecule has 0 saturated carbocycles. The maximum atomic E-state index is 17.4. The average Bonchev–Trinajstić information content (AvgIpc) is 3.51. The van der Waals surface area contributed by atoms with Crippen molar-refractivity contribution in [2.75, 3.05) is 38.6 Å². The largest absolute Gasteiger partial charge is 0.444 e. The molecule has 4 heterocycles. The van der Waals surface area contributed by atoms with Gasteiger partial charge in [0.2, 0.25) is 0 Å². The maximum Gasteiger partial charge on any atom is 0.410 e. The van der Waals surface area contributed by atoms with E-state index in [1.54, 1.807) is 11.0 Å². The number of halogens is 1. The van der Waals surface area contributed by atoms with E-state index in [4.69, 9.17) is 14.8 Å². The molecule has 3 aromatic carbocycles. The Balaban J connectivity index is 1.41. The Morgan fingerprint density at radius 3 is 2.53 bits per heavy atom. The number of carbonyl (C=O) groups excluding carboxylic acids is 1. The highest BCUT2D eigenvalue weighted by Gasteiger charge is 2.43. The molecule has 11 heteroatoms. The van der Waals surface area contributed by atoms with Crippen LogP contribution in [0.4, 0.5) is 15.0 Å². The van der Waals surface area contributed by atoms with E-state index in [9.17, 15) is 15.3 Å². The number of nitrogens with zero attached hydrogens (tertiary/aromatic N) is 8. The number of pyridine rings is 1. The van der Waals surface area contributed by atoms with Gasteiger partial charge in [-0.3, -0.25) is 4.68 Å². The smallest absolute Gasteiger partial charge is 0.410 e.